The summed E-state index contributed by atoms with van der Waals surface area (Å²) in [4.78, 5) is 8.75. The van der Waals surface area contributed by atoms with Crippen LogP contribution in [0, 0.1) is 0 Å². The zero-order chi connectivity index (χ0) is 10.8. The molecular weight excluding hydrogens is 218 g/mol. The highest BCUT2D eigenvalue weighted by molar-refractivity contribution is 7.08. The summed E-state index contributed by atoms with van der Waals surface area (Å²) in [6.07, 6.45) is 6.45. The summed E-state index contributed by atoms with van der Waals surface area (Å²) < 4.78 is 0. The zero-order valence-corrected chi connectivity index (χ0v) is 9.70. The molecule has 1 saturated carbocycles. The highest BCUT2D eigenvalue weighted by atomic mass is 32.1. The van der Waals surface area contributed by atoms with Crippen LogP contribution < -0.4 is 5.32 Å². The lowest BCUT2D eigenvalue weighted by molar-refractivity contribution is 0.683. The second-order valence-corrected chi connectivity index (χ2v) is 4.86. The molecule has 1 aliphatic carbocycles. The fourth-order valence-corrected chi connectivity index (χ4v) is 2.17. The van der Waals surface area contributed by atoms with Crippen molar-refractivity contribution in [2.45, 2.75) is 25.4 Å². The van der Waals surface area contributed by atoms with E-state index in [1.54, 1.807) is 11.3 Å². The first-order valence-corrected chi connectivity index (χ1v) is 6.43. The highest BCUT2D eigenvalue weighted by Crippen LogP contribution is 2.20. The zero-order valence-electron chi connectivity index (χ0n) is 8.89. The molecular formula is C12H13N3S. The molecule has 0 amide bonds. The number of hydrogen-bond donors (Lipinski definition) is 1. The van der Waals surface area contributed by atoms with E-state index in [1.807, 2.05) is 23.8 Å². The van der Waals surface area contributed by atoms with E-state index in [0.29, 0.717) is 0 Å². The Balaban J connectivity index is 1.69. The van der Waals surface area contributed by atoms with E-state index in [4.69, 9.17) is 0 Å². The van der Waals surface area contributed by atoms with Crippen LogP contribution in [0.3, 0.4) is 0 Å². The van der Waals surface area contributed by atoms with Gasteiger partial charge in [-0.15, -0.1) is 0 Å². The van der Waals surface area contributed by atoms with Crippen LogP contribution >= 0.6 is 11.3 Å². The number of nitrogens with zero attached hydrogens (tertiary/aromatic N) is 2. The van der Waals surface area contributed by atoms with Gasteiger partial charge in [0.15, 0.2) is 5.82 Å². The van der Waals surface area contributed by atoms with E-state index < -0.39 is 0 Å². The SMILES string of the molecule is c1cc(-c2ncc(CNC3CC3)cn2)cs1. The van der Waals surface area contributed by atoms with Crippen molar-refractivity contribution >= 4 is 11.3 Å². The van der Waals surface area contributed by atoms with Crippen molar-refractivity contribution < 1.29 is 0 Å². The second-order valence-electron chi connectivity index (χ2n) is 4.08. The molecule has 3 rings (SSSR count). The summed E-state index contributed by atoms with van der Waals surface area (Å²) >= 11 is 1.67. The molecule has 0 aliphatic heterocycles. The monoisotopic (exact) mass is 231 g/mol. The predicted molar refractivity (Wildman–Crippen MR) is 65.2 cm³/mol. The van der Waals surface area contributed by atoms with Gasteiger partial charge in [-0.05, 0) is 24.3 Å². The summed E-state index contributed by atoms with van der Waals surface area (Å²) in [7, 11) is 0. The fourth-order valence-electron chi connectivity index (χ4n) is 1.54. The standard InChI is InChI=1S/C12H13N3S/c1-2-11(1)13-5-9-6-14-12(15-7-9)10-3-4-16-8-10/h3-4,6-8,11,13H,1-2,5H2. The van der Waals surface area contributed by atoms with Gasteiger partial charge in [0.25, 0.3) is 0 Å². The Kier molecular flexibility index (Phi) is 2.68. The molecule has 0 bridgehead atoms. The Hall–Kier alpha value is -1.26. The molecule has 0 atom stereocenters. The van der Waals surface area contributed by atoms with Gasteiger partial charge in [0.2, 0.25) is 0 Å². The van der Waals surface area contributed by atoms with Crippen LogP contribution in [-0.4, -0.2) is 16.0 Å². The van der Waals surface area contributed by atoms with Gasteiger partial charge in [-0.2, -0.15) is 11.3 Å². The summed E-state index contributed by atoms with van der Waals surface area (Å²) in [6, 6.07) is 2.78. The molecule has 0 radical (unpaired) electrons. The first-order chi connectivity index (χ1) is 7.92. The number of nitrogens with one attached hydrogen (secondary N) is 1. The average molecular weight is 231 g/mol. The maximum atomic E-state index is 4.38. The lowest BCUT2D eigenvalue weighted by Crippen LogP contribution is -2.15. The van der Waals surface area contributed by atoms with Crippen molar-refractivity contribution in [2.24, 2.45) is 0 Å². The number of thiophene rings is 1. The Bertz CT molecular complexity index is 446. The van der Waals surface area contributed by atoms with Gasteiger partial charge in [0.05, 0.1) is 0 Å². The van der Waals surface area contributed by atoms with E-state index in [9.17, 15) is 0 Å². The first-order valence-electron chi connectivity index (χ1n) is 5.49. The molecule has 0 spiro atoms. The van der Waals surface area contributed by atoms with Crippen molar-refractivity contribution in [1.29, 1.82) is 0 Å². The van der Waals surface area contributed by atoms with Gasteiger partial charge in [0, 0.05) is 41.5 Å². The Morgan fingerprint density at radius 3 is 2.75 bits per heavy atom. The van der Waals surface area contributed by atoms with Crippen molar-refractivity contribution in [3.63, 3.8) is 0 Å². The van der Waals surface area contributed by atoms with Crippen LogP contribution in [0.15, 0.2) is 29.2 Å². The van der Waals surface area contributed by atoms with Crippen molar-refractivity contribution in [3.8, 4) is 11.4 Å². The molecule has 0 saturated heterocycles. The molecule has 16 heavy (non-hydrogen) atoms. The van der Waals surface area contributed by atoms with Crippen LogP contribution in [0.4, 0.5) is 0 Å². The Morgan fingerprint density at radius 2 is 2.12 bits per heavy atom. The summed E-state index contributed by atoms with van der Waals surface area (Å²) in [5.74, 6) is 0.816. The molecule has 3 nitrogen and oxygen atoms in total. The number of aromatic nitrogens is 2. The quantitative estimate of drug-likeness (QED) is 0.878. The minimum atomic E-state index is 0.733. The van der Waals surface area contributed by atoms with Gasteiger partial charge < -0.3 is 5.32 Å². The maximum Gasteiger partial charge on any atom is 0.159 e. The third-order valence-corrected chi connectivity index (χ3v) is 3.34. The first kappa shape index (κ1) is 9.93. The number of rotatable bonds is 4. The molecule has 4 heteroatoms. The third-order valence-electron chi connectivity index (χ3n) is 2.66. The van der Waals surface area contributed by atoms with Crippen molar-refractivity contribution in [2.75, 3.05) is 0 Å². The molecule has 1 fully saturated rings. The smallest absolute Gasteiger partial charge is 0.159 e. The third kappa shape index (κ3) is 2.28. The molecule has 82 valence electrons. The average Bonchev–Trinajstić information content (AvgIpc) is 3.00. The van der Waals surface area contributed by atoms with Crippen LogP contribution in [-0.2, 0) is 6.54 Å². The summed E-state index contributed by atoms with van der Waals surface area (Å²) in [5.41, 5.74) is 2.26. The van der Waals surface area contributed by atoms with Crippen molar-refractivity contribution in [3.05, 3.63) is 34.8 Å². The van der Waals surface area contributed by atoms with Crippen LogP contribution in [0.1, 0.15) is 18.4 Å². The summed E-state index contributed by atoms with van der Waals surface area (Å²) in [6.45, 7) is 0.884. The van der Waals surface area contributed by atoms with Gasteiger partial charge in [-0.1, -0.05) is 0 Å². The van der Waals surface area contributed by atoms with Crippen molar-refractivity contribution in [1.82, 2.24) is 15.3 Å². The van der Waals surface area contributed by atoms with Gasteiger partial charge in [-0.3, -0.25) is 0 Å². The van der Waals surface area contributed by atoms with Crippen LogP contribution in [0.25, 0.3) is 11.4 Å². The topological polar surface area (TPSA) is 37.8 Å². The van der Waals surface area contributed by atoms with E-state index in [2.05, 4.69) is 20.7 Å². The normalized spacial score (nSPS) is 15.2. The molecule has 1 aliphatic rings. The lowest BCUT2D eigenvalue weighted by atomic mass is 10.3. The lowest BCUT2D eigenvalue weighted by Gasteiger charge is -2.02. The Morgan fingerprint density at radius 1 is 1.31 bits per heavy atom. The molecule has 2 aromatic rings. The molecule has 0 aromatic carbocycles. The second kappa shape index (κ2) is 4.31. The van der Waals surface area contributed by atoms with Gasteiger partial charge in [0.1, 0.15) is 0 Å². The minimum absolute atomic E-state index is 0.733. The van der Waals surface area contributed by atoms with E-state index in [1.165, 1.54) is 12.8 Å². The molecule has 2 heterocycles. The fraction of sp³-hybridized carbons (Fsp3) is 0.333. The molecule has 2 aromatic heterocycles. The van der Waals surface area contributed by atoms with Gasteiger partial charge >= 0.3 is 0 Å². The maximum absolute atomic E-state index is 4.38. The predicted octanol–water partition coefficient (Wildman–Crippen LogP) is 2.46. The largest absolute Gasteiger partial charge is 0.310 e. The van der Waals surface area contributed by atoms with E-state index >= 15 is 0 Å². The van der Waals surface area contributed by atoms with E-state index in [0.717, 1.165) is 29.5 Å². The minimum Gasteiger partial charge on any atom is -0.310 e. The highest BCUT2D eigenvalue weighted by Gasteiger charge is 2.19. The van der Waals surface area contributed by atoms with Gasteiger partial charge in [-0.25, -0.2) is 9.97 Å². The van der Waals surface area contributed by atoms with Crippen LogP contribution in [0.5, 0.6) is 0 Å². The van der Waals surface area contributed by atoms with Crippen LogP contribution in [0.2, 0.25) is 0 Å². The Labute approximate surface area is 98.6 Å². The van der Waals surface area contributed by atoms with E-state index in [-0.39, 0.29) is 0 Å². The molecule has 0 unspecified atom stereocenters. The number of hydrogen-bond acceptors (Lipinski definition) is 4. The summed E-state index contributed by atoms with van der Waals surface area (Å²) in [5, 5.41) is 7.56. The molecule has 1 N–H and O–H groups in total.